The zero-order chi connectivity index (χ0) is 25.8. The first kappa shape index (κ1) is 25.9. The van der Waals surface area contributed by atoms with Crippen LogP contribution < -0.4 is 4.74 Å². The van der Waals surface area contributed by atoms with Gasteiger partial charge in [0.15, 0.2) is 36.7 Å². The molecule has 0 spiro atoms. The summed E-state index contributed by atoms with van der Waals surface area (Å²) in [5, 5.41) is 9.51. The average molecular weight is 539 g/mol. The fourth-order valence-electron chi connectivity index (χ4n) is 4.86. The third-order valence-electron chi connectivity index (χ3n) is 6.57. The number of hydrogen-bond donors (Lipinski definition) is 1. The Kier molecular flexibility index (Phi) is 6.66. The summed E-state index contributed by atoms with van der Waals surface area (Å²) >= 11 is 0. The minimum absolute atomic E-state index is 0.289. The number of sulfone groups is 2. The summed E-state index contributed by atoms with van der Waals surface area (Å²) in [6.45, 7) is 0.258. The van der Waals surface area contributed by atoms with Crippen molar-refractivity contribution in [2.24, 2.45) is 5.92 Å². The Hall–Kier alpha value is -2.22. The lowest BCUT2D eigenvalue weighted by molar-refractivity contribution is -0.0733. The molecule has 0 saturated carbocycles. The predicted octanol–water partition coefficient (Wildman–Crippen LogP) is 2.85. The van der Waals surface area contributed by atoms with Crippen LogP contribution in [0.2, 0.25) is 0 Å². The van der Waals surface area contributed by atoms with Crippen molar-refractivity contribution >= 4 is 19.7 Å². The van der Waals surface area contributed by atoms with Crippen LogP contribution in [0, 0.1) is 29.2 Å². The maximum atomic E-state index is 15.3. The van der Waals surface area contributed by atoms with Crippen molar-refractivity contribution < 1.29 is 49.0 Å². The molecule has 35 heavy (non-hydrogen) atoms. The van der Waals surface area contributed by atoms with E-state index in [1.165, 1.54) is 0 Å². The van der Waals surface area contributed by atoms with Crippen LogP contribution in [0.5, 0.6) is 5.75 Å². The number of aliphatic hydroxyl groups is 1. The normalized spacial score (nSPS) is 25.3. The van der Waals surface area contributed by atoms with Crippen molar-refractivity contribution in [2.45, 2.75) is 40.9 Å². The smallest absolute Gasteiger partial charge is 0.189 e. The van der Waals surface area contributed by atoms with Crippen molar-refractivity contribution in [3.8, 4) is 5.75 Å². The lowest BCUT2D eigenvalue weighted by Crippen LogP contribution is -2.57. The molecule has 13 heteroatoms. The first-order valence-corrected chi connectivity index (χ1v) is 13.8. The molecule has 7 nitrogen and oxygen atoms in total. The van der Waals surface area contributed by atoms with E-state index >= 15 is 4.39 Å². The van der Waals surface area contributed by atoms with Gasteiger partial charge in [-0.25, -0.2) is 34.4 Å². The van der Waals surface area contributed by atoms with E-state index in [0.717, 1.165) is 19.1 Å². The minimum Gasteiger partial charge on any atom is -0.490 e. The van der Waals surface area contributed by atoms with Gasteiger partial charge in [0.25, 0.3) is 0 Å². The molecule has 2 aromatic carbocycles. The van der Waals surface area contributed by atoms with E-state index in [0.29, 0.717) is 18.2 Å². The highest BCUT2D eigenvalue weighted by molar-refractivity contribution is 7.92. The Balaban J connectivity index is 1.93. The summed E-state index contributed by atoms with van der Waals surface area (Å²) in [5.41, 5.74) is -2.32. The molecule has 4 atom stereocenters. The van der Waals surface area contributed by atoms with Crippen molar-refractivity contribution in [3.05, 3.63) is 59.2 Å². The van der Waals surface area contributed by atoms with Gasteiger partial charge in [0.05, 0.1) is 28.9 Å². The Morgan fingerprint density at radius 1 is 1.06 bits per heavy atom. The van der Waals surface area contributed by atoms with Gasteiger partial charge in [-0.3, -0.25) is 0 Å². The standard InChI is InChI=1S/C22H22F4O7S2/c1-12(27)34(28,29)7-4-19-16-11-33-21-18(26)3-2-17(25)20(21)22(16,5-6-32-19)35(30,31)15-9-13(23)8-14(24)10-15/h2-3,8-10,12,16,19,27H,4-7,11H2,1H3/t12?,16-,19-,22-/m0/s1. The fraction of sp³-hybridized carbons (Fsp3) is 0.455. The van der Waals surface area contributed by atoms with E-state index in [9.17, 15) is 35.1 Å². The number of ether oxygens (including phenoxy) is 2. The molecule has 1 unspecified atom stereocenters. The Morgan fingerprint density at radius 3 is 2.31 bits per heavy atom. The second kappa shape index (κ2) is 9.02. The molecule has 1 saturated heterocycles. The first-order chi connectivity index (χ1) is 16.3. The van der Waals surface area contributed by atoms with E-state index in [2.05, 4.69) is 0 Å². The molecule has 0 aliphatic carbocycles. The molecule has 1 N–H and O–H groups in total. The van der Waals surface area contributed by atoms with Gasteiger partial charge < -0.3 is 14.6 Å². The Morgan fingerprint density at radius 2 is 1.69 bits per heavy atom. The van der Waals surface area contributed by atoms with Crippen LogP contribution in [0.3, 0.4) is 0 Å². The number of benzene rings is 2. The summed E-state index contributed by atoms with van der Waals surface area (Å²) in [5.74, 6) is -7.00. The molecule has 2 aliphatic rings. The van der Waals surface area contributed by atoms with Crippen molar-refractivity contribution in [1.82, 2.24) is 0 Å². The highest BCUT2D eigenvalue weighted by atomic mass is 32.2. The lowest BCUT2D eigenvalue weighted by Gasteiger charge is -2.50. The second-order valence-corrected chi connectivity index (χ2v) is 13.2. The van der Waals surface area contributed by atoms with Gasteiger partial charge in [-0.2, -0.15) is 0 Å². The molecule has 4 rings (SSSR count). The van der Waals surface area contributed by atoms with Crippen LogP contribution in [0.4, 0.5) is 17.6 Å². The molecule has 2 aliphatic heterocycles. The van der Waals surface area contributed by atoms with Gasteiger partial charge in [-0.1, -0.05) is 0 Å². The zero-order valence-electron chi connectivity index (χ0n) is 18.4. The van der Waals surface area contributed by atoms with E-state index in [1.54, 1.807) is 0 Å². The van der Waals surface area contributed by atoms with Gasteiger partial charge >= 0.3 is 0 Å². The molecular weight excluding hydrogens is 516 g/mol. The molecule has 2 aromatic rings. The zero-order valence-corrected chi connectivity index (χ0v) is 20.0. The van der Waals surface area contributed by atoms with Gasteiger partial charge in [-0.05, 0) is 44.0 Å². The number of hydrogen-bond acceptors (Lipinski definition) is 7. The number of rotatable bonds is 6. The van der Waals surface area contributed by atoms with E-state index in [4.69, 9.17) is 9.47 Å². The largest absolute Gasteiger partial charge is 0.490 e. The third kappa shape index (κ3) is 4.21. The molecule has 2 heterocycles. The van der Waals surface area contributed by atoms with E-state index < -0.39 is 100 Å². The maximum absolute atomic E-state index is 15.3. The van der Waals surface area contributed by atoms with Crippen LogP contribution in [-0.4, -0.2) is 52.4 Å². The highest BCUT2D eigenvalue weighted by Gasteiger charge is 2.61. The highest BCUT2D eigenvalue weighted by Crippen LogP contribution is 2.56. The maximum Gasteiger partial charge on any atom is 0.189 e. The van der Waals surface area contributed by atoms with Crippen molar-refractivity contribution in [2.75, 3.05) is 19.0 Å². The molecule has 1 fully saturated rings. The number of halogens is 4. The average Bonchev–Trinajstić information content (AvgIpc) is 2.78. The van der Waals surface area contributed by atoms with Gasteiger partial charge in [0.2, 0.25) is 0 Å². The van der Waals surface area contributed by atoms with Crippen LogP contribution in [0.25, 0.3) is 0 Å². The molecule has 192 valence electrons. The minimum atomic E-state index is -4.83. The fourth-order valence-corrected chi connectivity index (χ4v) is 8.14. The number of aliphatic hydroxyl groups excluding tert-OH is 1. The number of fused-ring (bicyclic) bond motifs is 3. The summed E-state index contributed by atoms with van der Waals surface area (Å²) in [4.78, 5) is -0.784. The van der Waals surface area contributed by atoms with Crippen LogP contribution >= 0.6 is 0 Å². The van der Waals surface area contributed by atoms with Gasteiger partial charge in [-0.15, -0.1) is 0 Å². The predicted molar refractivity (Wildman–Crippen MR) is 115 cm³/mol. The Bertz CT molecular complexity index is 1340. The second-order valence-electron chi connectivity index (χ2n) is 8.56. The van der Waals surface area contributed by atoms with Crippen LogP contribution in [-0.2, 0) is 29.2 Å². The van der Waals surface area contributed by atoms with Crippen LogP contribution in [0.15, 0.2) is 35.2 Å². The molecule has 0 radical (unpaired) electrons. The molecule has 0 aromatic heterocycles. The van der Waals surface area contributed by atoms with Crippen molar-refractivity contribution in [3.63, 3.8) is 0 Å². The summed E-state index contributed by atoms with van der Waals surface area (Å²) in [6, 6.07) is 3.13. The summed E-state index contributed by atoms with van der Waals surface area (Å²) < 4.78 is 119. The Labute approximate surface area is 199 Å². The summed E-state index contributed by atoms with van der Waals surface area (Å²) in [6.07, 6.45) is -1.84. The topological polar surface area (TPSA) is 107 Å². The third-order valence-corrected chi connectivity index (χ3v) is 10.9. The van der Waals surface area contributed by atoms with Crippen LogP contribution in [0.1, 0.15) is 25.3 Å². The van der Waals surface area contributed by atoms with E-state index in [1.807, 2.05) is 0 Å². The lowest BCUT2D eigenvalue weighted by atomic mass is 9.75. The summed E-state index contributed by atoms with van der Waals surface area (Å²) in [7, 11) is -8.81. The SMILES string of the molecule is CC(O)S(=O)(=O)CC[C@@H]1OCC[C@@]2(S(=O)(=O)c3cc(F)cc(F)c3)c3c(F)ccc(F)c3OC[C@@H]12. The quantitative estimate of drug-likeness (QED) is 0.564. The molecular formula is C22H22F4O7S2. The van der Waals surface area contributed by atoms with E-state index in [-0.39, 0.29) is 13.0 Å². The van der Waals surface area contributed by atoms with Gasteiger partial charge in [0, 0.05) is 18.6 Å². The first-order valence-electron chi connectivity index (χ1n) is 10.6. The van der Waals surface area contributed by atoms with Crippen molar-refractivity contribution in [1.29, 1.82) is 0 Å². The molecule has 0 amide bonds. The molecule has 0 bridgehead atoms. The monoisotopic (exact) mass is 538 g/mol. The van der Waals surface area contributed by atoms with Gasteiger partial charge in [0.1, 0.15) is 22.2 Å².